The predicted molar refractivity (Wildman–Crippen MR) is 72.6 cm³/mol. The summed E-state index contributed by atoms with van der Waals surface area (Å²) in [5.74, 6) is 0.119. The van der Waals surface area contributed by atoms with E-state index in [0.29, 0.717) is 19.0 Å². The molecule has 0 spiro atoms. The Morgan fingerprint density at radius 2 is 1.89 bits per heavy atom. The van der Waals surface area contributed by atoms with E-state index in [0.717, 1.165) is 19.5 Å². The highest BCUT2D eigenvalue weighted by Crippen LogP contribution is 2.20. The summed E-state index contributed by atoms with van der Waals surface area (Å²) in [4.78, 5) is 27.0. The molecule has 6 heteroatoms. The van der Waals surface area contributed by atoms with Gasteiger partial charge in [0.05, 0.1) is 0 Å². The Morgan fingerprint density at radius 3 is 2.58 bits per heavy atom. The van der Waals surface area contributed by atoms with E-state index in [1.165, 1.54) is 32.4 Å². The average Bonchev–Trinajstić information content (AvgIpc) is 2.89. The Morgan fingerprint density at radius 1 is 1.16 bits per heavy atom. The van der Waals surface area contributed by atoms with E-state index in [2.05, 4.69) is 10.2 Å². The maximum absolute atomic E-state index is 12.0. The second-order valence-electron chi connectivity index (χ2n) is 5.42. The van der Waals surface area contributed by atoms with E-state index in [1.54, 1.807) is 0 Å². The molecule has 19 heavy (non-hydrogen) atoms. The zero-order valence-corrected chi connectivity index (χ0v) is 11.4. The molecule has 108 valence electrons. The van der Waals surface area contributed by atoms with Gasteiger partial charge in [0.25, 0.3) is 0 Å². The summed E-state index contributed by atoms with van der Waals surface area (Å²) >= 11 is 0. The molecule has 6 nitrogen and oxygen atoms in total. The maximum atomic E-state index is 12.0. The maximum Gasteiger partial charge on any atom is 0.312 e. The molecule has 0 aromatic rings. The van der Waals surface area contributed by atoms with Crippen molar-refractivity contribution in [2.75, 3.05) is 32.7 Å². The van der Waals surface area contributed by atoms with Crippen molar-refractivity contribution in [1.29, 1.82) is 0 Å². The molecule has 2 fully saturated rings. The van der Waals surface area contributed by atoms with Gasteiger partial charge in [-0.3, -0.25) is 9.69 Å². The van der Waals surface area contributed by atoms with E-state index < -0.39 is 6.03 Å². The minimum absolute atomic E-state index is 0.119. The Hall–Kier alpha value is -1.30. The Bertz CT molecular complexity index is 329. The number of primary amides is 1. The van der Waals surface area contributed by atoms with Crippen molar-refractivity contribution >= 4 is 11.9 Å². The summed E-state index contributed by atoms with van der Waals surface area (Å²) < 4.78 is 0. The first-order chi connectivity index (χ1) is 9.16. The number of nitrogens with one attached hydrogen (secondary N) is 1. The first-order valence-corrected chi connectivity index (χ1v) is 7.22. The average molecular weight is 268 g/mol. The molecule has 2 aliphatic heterocycles. The van der Waals surface area contributed by atoms with Gasteiger partial charge in [0.2, 0.25) is 5.91 Å². The third-order valence-electron chi connectivity index (χ3n) is 4.06. The van der Waals surface area contributed by atoms with Crippen molar-refractivity contribution in [3.05, 3.63) is 0 Å². The molecule has 0 bridgehead atoms. The SMILES string of the molecule is NC(=O)NCCC(=O)N1CCC(N2CCCCC2)C1. The summed E-state index contributed by atoms with van der Waals surface area (Å²) in [6, 6.07) is -0.0336. The molecule has 2 saturated heterocycles. The Kier molecular flexibility index (Phi) is 5.01. The van der Waals surface area contributed by atoms with E-state index in [4.69, 9.17) is 5.73 Å². The molecule has 3 N–H and O–H groups in total. The predicted octanol–water partition coefficient (Wildman–Crippen LogP) is 0.132. The summed E-state index contributed by atoms with van der Waals surface area (Å²) in [6.07, 6.45) is 5.33. The number of nitrogens with two attached hydrogens (primary N) is 1. The summed E-state index contributed by atoms with van der Waals surface area (Å²) in [5.41, 5.74) is 4.97. The van der Waals surface area contributed by atoms with Gasteiger partial charge in [0.15, 0.2) is 0 Å². The molecule has 3 amide bonds. The van der Waals surface area contributed by atoms with Gasteiger partial charge in [0, 0.05) is 32.1 Å². The molecule has 0 aromatic carbocycles. The molecule has 2 rings (SSSR count). The topological polar surface area (TPSA) is 78.7 Å². The second kappa shape index (κ2) is 6.75. The minimum Gasteiger partial charge on any atom is -0.352 e. The van der Waals surface area contributed by atoms with Crippen LogP contribution >= 0.6 is 0 Å². The quantitative estimate of drug-likeness (QED) is 0.761. The van der Waals surface area contributed by atoms with Crippen molar-refractivity contribution < 1.29 is 9.59 Å². The zero-order chi connectivity index (χ0) is 13.7. The van der Waals surface area contributed by atoms with Crippen LogP contribution in [0.5, 0.6) is 0 Å². The first kappa shape index (κ1) is 14.1. The third kappa shape index (κ3) is 4.09. The number of likely N-dealkylation sites (tertiary alicyclic amines) is 2. The fourth-order valence-electron chi connectivity index (χ4n) is 3.00. The number of hydrogen-bond acceptors (Lipinski definition) is 3. The molecule has 2 aliphatic rings. The van der Waals surface area contributed by atoms with Crippen LogP contribution < -0.4 is 11.1 Å². The van der Waals surface area contributed by atoms with Gasteiger partial charge >= 0.3 is 6.03 Å². The van der Waals surface area contributed by atoms with Crippen LogP contribution in [0.4, 0.5) is 4.79 Å². The smallest absolute Gasteiger partial charge is 0.312 e. The Balaban J connectivity index is 1.71. The first-order valence-electron chi connectivity index (χ1n) is 7.22. The van der Waals surface area contributed by atoms with Crippen molar-refractivity contribution in [2.45, 2.75) is 38.1 Å². The molecular weight excluding hydrogens is 244 g/mol. The fourth-order valence-corrected chi connectivity index (χ4v) is 3.00. The lowest BCUT2D eigenvalue weighted by Gasteiger charge is -2.32. The van der Waals surface area contributed by atoms with Gasteiger partial charge in [-0.25, -0.2) is 4.79 Å². The van der Waals surface area contributed by atoms with Crippen LogP contribution in [0.3, 0.4) is 0 Å². The van der Waals surface area contributed by atoms with Crippen LogP contribution in [0.15, 0.2) is 0 Å². The molecule has 0 aromatic heterocycles. The normalized spacial score (nSPS) is 24.4. The molecule has 0 radical (unpaired) electrons. The van der Waals surface area contributed by atoms with Crippen molar-refractivity contribution in [3.63, 3.8) is 0 Å². The van der Waals surface area contributed by atoms with Crippen LogP contribution in [0.25, 0.3) is 0 Å². The molecule has 2 heterocycles. The van der Waals surface area contributed by atoms with Crippen LogP contribution in [-0.2, 0) is 4.79 Å². The van der Waals surface area contributed by atoms with E-state index in [1.807, 2.05) is 4.90 Å². The van der Waals surface area contributed by atoms with E-state index in [-0.39, 0.29) is 5.91 Å². The second-order valence-corrected chi connectivity index (χ2v) is 5.42. The van der Waals surface area contributed by atoms with Gasteiger partial charge < -0.3 is 16.0 Å². The fraction of sp³-hybridized carbons (Fsp3) is 0.846. The van der Waals surface area contributed by atoms with Crippen molar-refractivity contribution in [3.8, 4) is 0 Å². The number of hydrogen-bond donors (Lipinski definition) is 2. The minimum atomic E-state index is -0.569. The van der Waals surface area contributed by atoms with Crippen molar-refractivity contribution in [2.24, 2.45) is 5.73 Å². The molecule has 1 unspecified atom stereocenters. The zero-order valence-electron chi connectivity index (χ0n) is 11.4. The molecular formula is C13H24N4O2. The van der Waals surface area contributed by atoms with Gasteiger partial charge in [0.1, 0.15) is 0 Å². The largest absolute Gasteiger partial charge is 0.352 e. The Labute approximate surface area is 114 Å². The van der Waals surface area contributed by atoms with Crippen LogP contribution in [0.2, 0.25) is 0 Å². The summed E-state index contributed by atoms with van der Waals surface area (Å²) in [5, 5.41) is 2.46. The summed E-state index contributed by atoms with van der Waals surface area (Å²) in [7, 11) is 0. The third-order valence-corrected chi connectivity index (χ3v) is 4.06. The van der Waals surface area contributed by atoms with Crippen LogP contribution in [-0.4, -0.2) is 60.5 Å². The number of nitrogens with zero attached hydrogens (tertiary/aromatic N) is 2. The van der Waals surface area contributed by atoms with Gasteiger partial charge in [-0.05, 0) is 32.4 Å². The number of piperidine rings is 1. The highest BCUT2D eigenvalue weighted by atomic mass is 16.2. The molecule has 0 saturated carbocycles. The monoisotopic (exact) mass is 268 g/mol. The summed E-state index contributed by atoms with van der Waals surface area (Å²) in [6.45, 7) is 4.37. The molecule has 0 aliphatic carbocycles. The van der Waals surface area contributed by atoms with Gasteiger partial charge in [-0.15, -0.1) is 0 Å². The standard InChI is InChI=1S/C13H24N4O2/c14-13(19)15-6-4-12(18)17-9-5-11(10-17)16-7-2-1-3-8-16/h11H,1-10H2,(H3,14,15,19). The van der Waals surface area contributed by atoms with E-state index >= 15 is 0 Å². The number of amides is 3. The van der Waals surface area contributed by atoms with Gasteiger partial charge in [-0.1, -0.05) is 6.42 Å². The number of urea groups is 1. The molecule has 1 atom stereocenters. The van der Waals surface area contributed by atoms with E-state index in [9.17, 15) is 9.59 Å². The number of carbonyl (C=O) groups excluding carboxylic acids is 2. The highest BCUT2D eigenvalue weighted by Gasteiger charge is 2.30. The van der Waals surface area contributed by atoms with Crippen LogP contribution in [0.1, 0.15) is 32.1 Å². The number of carbonyl (C=O) groups is 2. The lowest BCUT2D eigenvalue weighted by molar-refractivity contribution is -0.130. The van der Waals surface area contributed by atoms with Gasteiger partial charge in [-0.2, -0.15) is 0 Å². The lowest BCUT2D eigenvalue weighted by Crippen LogP contribution is -2.42. The van der Waals surface area contributed by atoms with Crippen molar-refractivity contribution in [1.82, 2.24) is 15.1 Å². The highest BCUT2D eigenvalue weighted by molar-refractivity contribution is 5.78. The number of rotatable bonds is 4. The lowest BCUT2D eigenvalue weighted by atomic mass is 10.1. The van der Waals surface area contributed by atoms with Crippen LogP contribution in [0, 0.1) is 0 Å².